The Kier molecular flexibility index (Phi) is 4.39. The van der Waals surface area contributed by atoms with E-state index in [2.05, 4.69) is 15.3 Å². The predicted octanol–water partition coefficient (Wildman–Crippen LogP) is 3.44. The quantitative estimate of drug-likeness (QED) is 0.761. The van der Waals surface area contributed by atoms with Gasteiger partial charge in [0.25, 0.3) is 11.8 Å². The average molecular weight is 348 g/mol. The molecule has 1 aliphatic heterocycles. The third-order valence-corrected chi connectivity index (χ3v) is 4.72. The Balaban J connectivity index is 1.48. The second-order valence-corrected chi connectivity index (χ2v) is 6.49. The molecule has 6 nitrogen and oxygen atoms in total. The van der Waals surface area contributed by atoms with Crippen molar-refractivity contribution in [1.82, 2.24) is 14.9 Å². The smallest absolute Gasteiger partial charge is 0.272 e. The monoisotopic (exact) mass is 348 g/mol. The number of fused-ring (bicyclic) bond motifs is 1. The van der Waals surface area contributed by atoms with Crippen molar-refractivity contribution in [3.63, 3.8) is 0 Å². The standard InChI is InChI=1S/C20H20N4O2/c25-19(16-6-4-5-14-9-10-21-18(14)16)23-15-7-8-17(22-13-15)20(26)24-11-2-1-3-12-24/h4-10,13,21H,1-3,11-12H2,(H,23,25). The number of hydrogen-bond donors (Lipinski definition) is 2. The summed E-state index contributed by atoms with van der Waals surface area (Å²) in [7, 11) is 0. The number of anilines is 1. The van der Waals surface area contributed by atoms with E-state index >= 15 is 0 Å². The molecule has 3 heterocycles. The number of pyridine rings is 1. The number of benzene rings is 1. The van der Waals surface area contributed by atoms with Gasteiger partial charge in [0.2, 0.25) is 0 Å². The average Bonchev–Trinajstić information content (AvgIpc) is 3.17. The summed E-state index contributed by atoms with van der Waals surface area (Å²) in [4.78, 5) is 34.2. The molecule has 0 bridgehead atoms. The molecule has 1 aromatic carbocycles. The second-order valence-electron chi connectivity index (χ2n) is 6.49. The van der Waals surface area contributed by atoms with E-state index in [4.69, 9.17) is 0 Å². The van der Waals surface area contributed by atoms with E-state index in [9.17, 15) is 9.59 Å². The number of amides is 2. The van der Waals surface area contributed by atoms with Crippen LogP contribution in [0.4, 0.5) is 5.69 Å². The fourth-order valence-corrected chi connectivity index (χ4v) is 3.33. The van der Waals surface area contributed by atoms with E-state index in [1.807, 2.05) is 29.3 Å². The number of hydrogen-bond acceptors (Lipinski definition) is 3. The molecule has 6 heteroatoms. The molecule has 1 aliphatic rings. The number of aromatic nitrogens is 2. The molecule has 2 aromatic heterocycles. The van der Waals surface area contributed by atoms with Gasteiger partial charge in [0, 0.05) is 24.7 Å². The number of nitrogens with zero attached hydrogens (tertiary/aromatic N) is 2. The lowest BCUT2D eigenvalue weighted by Crippen LogP contribution is -2.36. The predicted molar refractivity (Wildman–Crippen MR) is 100 cm³/mol. The first-order valence-electron chi connectivity index (χ1n) is 8.85. The summed E-state index contributed by atoms with van der Waals surface area (Å²) in [5, 5.41) is 3.82. The van der Waals surface area contributed by atoms with Gasteiger partial charge in [-0.1, -0.05) is 12.1 Å². The maximum Gasteiger partial charge on any atom is 0.272 e. The number of carbonyl (C=O) groups is 2. The molecular weight excluding hydrogens is 328 g/mol. The van der Waals surface area contributed by atoms with Gasteiger partial charge in [-0.3, -0.25) is 9.59 Å². The molecule has 0 radical (unpaired) electrons. The highest BCUT2D eigenvalue weighted by Crippen LogP contribution is 2.19. The Hall–Kier alpha value is -3.15. The summed E-state index contributed by atoms with van der Waals surface area (Å²) in [5.74, 6) is -0.256. The highest BCUT2D eigenvalue weighted by molar-refractivity contribution is 6.12. The lowest BCUT2D eigenvalue weighted by atomic mass is 10.1. The lowest BCUT2D eigenvalue weighted by molar-refractivity contribution is 0.0718. The number of aromatic amines is 1. The fourth-order valence-electron chi connectivity index (χ4n) is 3.33. The van der Waals surface area contributed by atoms with Gasteiger partial charge in [0.15, 0.2) is 0 Å². The highest BCUT2D eigenvalue weighted by Gasteiger charge is 2.19. The molecular formula is C20H20N4O2. The zero-order valence-electron chi connectivity index (χ0n) is 14.4. The fraction of sp³-hybridized carbons (Fsp3) is 0.250. The minimum atomic E-state index is -0.213. The molecule has 2 N–H and O–H groups in total. The Bertz CT molecular complexity index is 940. The van der Waals surface area contributed by atoms with Crippen LogP contribution in [-0.4, -0.2) is 39.8 Å². The molecule has 26 heavy (non-hydrogen) atoms. The third-order valence-electron chi connectivity index (χ3n) is 4.72. The number of H-pyrrole nitrogens is 1. The number of likely N-dealkylation sites (tertiary alicyclic amines) is 1. The van der Waals surface area contributed by atoms with Gasteiger partial charge < -0.3 is 15.2 Å². The van der Waals surface area contributed by atoms with Crippen LogP contribution in [0.15, 0.2) is 48.8 Å². The van der Waals surface area contributed by atoms with E-state index in [-0.39, 0.29) is 11.8 Å². The summed E-state index contributed by atoms with van der Waals surface area (Å²) in [5.41, 5.74) is 2.35. The van der Waals surface area contributed by atoms with E-state index < -0.39 is 0 Å². The normalized spacial score (nSPS) is 14.4. The van der Waals surface area contributed by atoms with Crippen molar-refractivity contribution in [1.29, 1.82) is 0 Å². The first-order valence-corrected chi connectivity index (χ1v) is 8.85. The van der Waals surface area contributed by atoms with Crippen molar-refractivity contribution in [2.24, 2.45) is 0 Å². The summed E-state index contributed by atoms with van der Waals surface area (Å²) in [6.07, 6.45) is 6.61. The SMILES string of the molecule is O=C(Nc1ccc(C(=O)N2CCCCC2)nc1)c1cccc2cc[nH]c12. The van der Waals surface area contributed by atoms with Crippen molar-refractivity contribution < 1.29 is 9.59 Å². The van der Waals surface area contributed by atoms with Gasteiger partial charge in [0.1, 0.15) is 5.69 Å². The number of rotatable bonds is 3. The minimum Gasteiger partial charge on any atom is -0.361 e. The van der Waals surface area contributed by atoms with Gasteiger partial charge in [-0.15, -0.1) is 0 Å². The number of para-hydroxylation sites is 1. The largest absolute Gasteiger partial charge is 0.361 e. The van der Waals surface area contributed by atoms with Gasteiger partial charge >= 0.3 is 0 Å². The summed E-state index contributed by atoms with van der Waals surface area (Å²) in [6.45, 7) is 1.58. The molecule has 1 saturated heterocycles. The third kappa shape index (κ3) is 3.18. The van der Waals surface area contributed by atoms with Crippen molar-refractivity contribution in [2.75, 3.05) is 18.4 Å². The summed E-state index contributed by atoms with van der Waals surface area (Å²) >= 11 is 0. The Morgan fingerprint density at radius 2 is 1.88 bits per heavy atom. The van der Waals surface area contributed by atoms with Crippen LogP contribution in [0.25, 0.3) is 10.9 Å². The zero-order chi connectivity index (χ0) is 17.9. The lowest BCUT2D eigenvalue weighted by Gasteiger charge is -2.26. The van der Waals surface area contributed by atoms with Crippen LogP contribution in [0.2, 0.25) is 0 Å². The minimum absolute atomic E-state index is 0.0428. The zero-order valence-corrected chi connectivity index (χ0v) is 14.4. The molecule has 2 amide bonds. The van der Waals surface area contributed by atoms with Gasteiger partial charge in [-0.2, -0.15) is 0 Å². The van der Waals surface area contributed by atoms with Crippen LogP contribution in [0.1, 0.15) is 40.1 Å². The van der Waals surface area contributed by atoms with Crippen LogP contribution in [0.5, 0.6) is 0 Å². The maximum atomic E-state index is 12.6. The second kappa shape index (κ2) is 7.00. The van der Waals surface area contributed by atoms with Crippen LogP contribution < -0.4 is 5.32 Å². The van der Waals surface area contributed by atoms with Crippen molar-refractivity contribution in [2.45, 2.75) is 19.3 Å². The summed E-state index contributed by atoms with van der Waals surface area (Å²) in [6, 6.07) is 10.9. The van der Waals surface area contributed by atoms with Gasteiger partial charge in [-0.25, -0.2) is 4.98 Å². The van der Waals surface area contributed by atoms with E-state index in [1.54, 1.807) is 18.2 Å². The highest BCUT2D eigenvalue weighted by atomic mass is 16.2. The van der Waals surface area contributed by atoms with Crippen molar-refractivity contribution >= 4 is 28.4 Å². The number of nitrogens with one attached hydrogen (secondary N) is 2. The number of carbonyl (C=O) groups excluding carboxylic acids is 2. The molecule has 3 aromatic rings. The van der Waals surface area contributed by atoms with Gasteiger partial charge in [-0.05, 0) is 43.5 Å². The molecule has 0 spiro atoms. The molecule has 132 valence electrons. The number of piperidine rings is 1. The molecule has 0 unspecified atom stereocenters. The van der Waals surface area contributed by atoms with Crippen LogP contribution in [0.3, 0.4) is 0 Å². The first-order chi connectivity index (χ1) is 12.7. The maximum absolute atomic E-state index is 12.6. The molecule has 0 aliphatic carbocycles. The Labute approximate surface area is 151 Å². The molecule has 0 saturated carbocycles. The van der Waals surface area contributed by atoms with Crippen molar-refractivity contribution in [3.8, 4) is 0 Å². The Morgan fingerprint density at radius 3 is 2.65 bits per heavy atom. The topological polar surface area (TPSA) is 78.1 Å². The Morgan fingerprint density at radius 1 is 1.04 bits per heavy atom. The molecule has 1 fully saturated rings. The molecule has 0 atom stereocenters. The van der Waals surface area contributed by atoms with E-state index in [1.165, 1.54) is 12.6 Å². The van der Waals surface area contributed by atoms with E-state index in [0.717, 1.165) is 36.8 Å². The van der Waals surface area contributed by atoms with Crippen LogP contribution >= 0.6 is 0 Å². The first kappa shape index (κ1) is 16.3. The summed E-state index contributed by atoms with van der Waals surface area (Å²) < 4.78 is 0. The van der Waals surface area contributed by atoms with E-state index in [0.29, 0.717) is 16.9 Å². The van der Waals surface area contributed by atoms with Crippen LogP contribution in [0, 0.1) is 0 Å². The molecule has 4 rings (SSSR count). The van der Waals surface area contributed by atoms with Crippen LogP contribution in [-0.2, 0) is 0 Å². The van der Waals surface area contributed by atoms with Crippen molar-refractivity contribution in [3.05, 3.63) is 60.0 Å². The van der Waals surface area contributed by atoms with Gasteiger partial charge in [0.05, 0.1) is 23.0 Å².